The van der Waals surface area contributed by atoms with E-state index in [2.05, 4.69) is 15.5 Å². The van der Waals surface area contributed by atoms with Crippen molar-refractivity contribution in [2.75, 3.05) is 7.11 Å². The number of thioether (sulfide) groups is 1. The van der Waals surface area contributed by atoms with Crippen molar-refractivity contribution >= 4 is 23.1 Å². The average molecular weight is 388 g/mol. The zero-order valence-corrected chi connectivity index (χ0v) is 14.7. The first-order valence-electron chi connectivity index (χ1n) is 7.47. The molecular weight excluding hydrogens is 376 g/mol. The summed E-state index contributed by atoms with van der Waals surface area (Å²) in [5, 5.41) is 34.3. The molecule has 0 saturated heterocycles. The molecule has 0 aliphatic rings. The number of para-hydroxylation sites is 1. The van der Waals surface area contributed by atoms with Crippen LogP contribution in [-0.4, -0.2) is 37.2 Å². The second kappa shape index (κ2) is 7.78. The van der Waals surface area contributed by atoms with Gasteiger partial charge in [0, 0.05) is 17.4 Å². The number of hydrogen-bond donors (Lipinski definition) is 0. The van der Waals surface area contributed by atoms with E-state index in [0.717, 1.165) is 11.8 Å². The minimum absolute atomic E-state index is 0.0307. The molecule has 27 heavy (non-hydrogen) atoms. The summed E-state index contributed by atoms with van der Waals surface area (Å²) in [5.41, 5.74) is 0.179. The number of ether oxygens (including phenoxy) is 1. The molecule has 3 rings (SSSR count). The van der Waals surface area contributed by atoms with Crippen LogP contribution in [0.25, 0.3) is 5.69 Å². The Kier molecular flexibility index (Phi) is 5.26. The normalized spacial score (nSPS) is 10.6. The Hall–Kier alpha value is -3.54. The summed E-state index contributed by atoms with van der Waals surface area (Å²) < 4.78 is 6.62. The van der Waals surface area contributed by atoms with Crippen molar-refractivity contribution < 1.29 is 14.6 Å². The van der Waals surface area contributed by atoms with E-state index in [1.807, 2.05) is 30.3 Å². The van der Waals surface area contributed by atoms with Gasteiger partial charge in [-0.3, -0.25) is 20.2 Å². The Bertz CT molecular complexity index is 994. The van der Waals surface area contributed by atoms with Crippen molar-refractivity contribution in [3.63, 3.8) is 0 Å². The molecule has 0 aliphatic carbocycles. The van der Waals surface area contributed by atoms with Gasteiger partial charge in [0.15, 0.2) is 0 Å². The summed E-state index contributed by atoms with van der Waals surface area (Å²) >= 11 is 1.17. The van der Waals surface area contributed by atoms with E-state index in [-0.39, 0.29) is 17.2 Å². The van der Waals surface area contributed by atoms with E-state index in [1.165, 1.54) is 29.6 Å². The Morgan fingerprint density at radius 2 is 1.89 bits per heavy atom. The molecule has 0 fully saturated rings. The monoisotopic (exact) mass is 388 g/mol. The third-order valence-corrected chi connectivity index (χ3v) is 4.51. The van der Waals surface area contributed by atoms with E-state index < -0.39 is 15.5 Å². The Balaban J connectivity index is 1.94. The predicted molar refractivity (Wildman–Crippen MR) is 95.0 cm³/mol. The molecule has 0 amide bonds. The summed E-state index contributed by atoms with van der Waals surface area (Å²) in [4.78, 5) is 20.9. The Morgan fingerprint density at radius 3 is 2.52 bits per heavy atom. The van der Waals surface area contributed by atoms with Gasteiger partial charge in [-0.15, -0.1) is 5.10 Å². The molecule has 138 valence electrons. The maximum atomic E-state index is 11.2. The topological polar surface area (TPSA) is 139 Å². The van der Waals surface area contributed by atoms with Crippen LogP contribution in [0.5, 0.6) is 5.75 Å². The molecule has 0 radical (unpaired) electrons. The van der Waals surface area contributed by atoms with E-state index in [1.54, 1.807) is 0 Å². The van der Waals surface area contributed by atoms with Crippen LogP contribution in [0.3, 0.4) is 0 Å². The van der Waals surface area contributed by atoms with E-state index >= 15 is 0 Å². The lowest BCUT2D eigenvalue weighted by atomic mass is 10.1. The zero-order valence-electron chi connectivity index (χ0n) is 13.9. The molecule has 11 nitrogen and oxygen atoms in total. The summed E-state index contributed by atoms with van der Waals surface area (Å²) in [7, 11) is 1.27. The van der Waals surface area contributed by atoms with E-state index in [9.17, 15) is 20.2 Å². The number of methoxy groups -OCH3 is 1. The fourth-order valence-corrected chi connectivity index (χ4v) is 3.24. The molecule has 0 unspecified atom stereocenters. The van der Waals surface area contributed by atoms with Gasteiger partial charge < -0.3 is 4.74 Å². The Labute approximate surface area is 156 Å². The minimum Gasteiger partial charge on any atom is -0.490 e. The zero-order chi connectivity index (χ0) is 19.4. The van der Waals surface area contributed by atoms with Gasteiger partial charge in [0.1, 0.15) is 0 Å². The molecule has 1 heterocycles. The smallest absolute Gasteiger partial charge is 0.318 e. The highest BCUT2D eigenvalue weighted by Gasteiger charge is 2.25. The molecule has 3 aromatic rings. The SMILES string of the molecule is COc1c(CSc2nnnn2-c2ccccc2)cc([N+](=O)[O-])cc1[N+](=O)[O-]. The standard InChI is InChI=1S/C15H12N6O5S/c1-26-14-10(7-12(20(22)23)8-13(14)21(24)25)9-27-15-16-17-18-19(15)11-5-3-2-4-6-11/h2-8H,9H2,1H3. The van der Waals surface area contributed by atoms with Gasteiger partial charge in [0.2, 0.25) is 10.9 Å². The summed E-state index contributed by atoms with van der Waals surface area (Å²) in [5.74, 6) is 0.107. The molecular formula is C15H12N6O5S. The summed E-state index contributed by atoms with van der Waals surface area (Å²) in [6, 6.07) is 11.3. The minimum atomic E-state index is -0.714. The molecule has 1 aromatic heterocycles. The molecule has 0 spiro atoms. The first-order chi connectivity index (χ1) is 13.0. The van der Waals surface area contributed by atoms with Crippen LogP contribution >= 0.6 is 11.8 Å². The largest absolute Gasteiger partial charge is 0.490 e. The summed E-state index contributed by atoms with van der Waals surface area (Å²) in [6.45, 7) is 0. The molecule has 0 saturated carbocycles. The highest BCUT2D eigenvalue weighted by Crippen LogP contribution is 2.38. The van der Waals surface area contributed by atoms with Gasteiger partial charge in [0.25, 0.3) is 5.69 Å². The lowest BCUT2D eigenvalue weighted by Gasteiger charge is -2.09. The lowest BCUT2D eigenvalue weighted by molar-refractivity contribution is -0.394. The second-order valence-corrected chi connectivity index (χ2v) is 6.11. The molecule has 0 bridgehead atoms. The third kappa shape index (κ3) is 3.84. The van der Waals surface area contributed by atoms with Gasteiger partial charge >= 0.3 is 5.69 Å². The number of aromatic nitrogens is 4. The maximum Gasteiger partial charge on any atom is 0.318 e. The second-order valence-electron chi connectivity index (χ2n) is 5.17. The number of benzene rings is 2. The van der Waals surface area contributed by atoms with Crippen LogP contribution in [0, 0.1) is 20.2 Å². The van der Waals surface area contributed by atoms with Gasteiger partial charge in [-0.05, 0) is 22.6 Å². The lowest BCUT2D eigenvalue weighted by Crippen LogP contribution is -2.01. The van der Waals surface area contributed by atoms with Gasteiger partial charge in [0.05, 0.1) is 28.7 Å². The van der Waals surface area contributed by atoms with Gasteiger partial charge in [-0.2, -0.15) is 4.68 Å². The van der Waals surface area contributed by atoms with Crippen molar-refractivity contribution in [1.29, 1.82) is 0 Å². The fraction of sp³-hybridized carbons (Fsp3) is 0.133. The van der Waals surface area contributed by atoms with Crippen LogP contribution in [0.15, 0.2) is 47.6 Å². The average Bonchev–Trinajstić information content (AvgIpc) is 3.14. The van der Waals surface area contributed by atoms with Crippen molar-refractivity contribution in [2.24, 2.45) is 0 Å². The number of nitro benzene ring substituents is 2. The van der Waals surface area contributed by atoms with Crippen molar-refractivity contribution in [2.45, 2.75) is 10.9 Å². The molecule has 0 atom stereocenters. The predicted octanol–water partition coefficient (Wildman–Crippen LogP) is 2.78. The van der Waals surface area contributed by atoms with E-state index in [4.69, 9.17) is 4.74 Å². The number of non-ortho nitro benzene ring substituents is 1. The van der Waals surface area contributed by atoms with Crippen molar-refractivity contribution in [3.05, 3.63) is 68.3 Å². The molecule has 2 aromatic carbocycles. The van der Waals surface area contributed by atoms with Crippen LogP contribution in [0.1, 0.15) is 5.56 Å². The van der Waals surface area contributed by atoms with Crippen LogP contribution in [0.4, 0.5) is 11.4 Å². The van der Waals surface area contributed by atoms with Crippen LogP contribution in [-0.2, 0) is 5.75 Å². The van der Waals surface area contributed by atoms with E-state index in [0.29, 0.717) is 10.7 Å². The number of tetrazole rings is 1. The number of hydrogen-bond acceptors (Lipinski definition) is 9. The first-order valence-corrected chi connectivity index (χ1v) is 8.46. The number of rotatable bonds is 7. The summed E-state index contributed by atoms with van der Waals surface area (Å²) in [6.07, 6.45) is 0. The molecule has 0 aliphatic heterocycles. The highest BCUT2D eigenvalue weighted by atomic mass is 32.2. The molecule has 0 N–H and O–H groups in total. The quantitative estimate of drug-likeness (QED) is 0.339. The van der Waals surface area contributed by atoms with Gasteiger partial charge in [-0.25, -0.2) is 0 Å². The number of nitro groups is 2. The van der Waals surface area contributed by atoms with Crippen LogP contribution < -0.4 is 4.74 Å². The number of nitrogens with zero attached hydrogens (tertiary/aromatic N) is 6. The van der Waals surface area contributed by atoms with Crippen LogP contribution in [0.2, 0.25) is 0 Å². The Morgan fingerprint density at radius 1 is 1.15 bits per heavy atom. The van der Waals surface area contributed by atoms with Crippen molar-refractivity contribution in [3.8, 4) is 11.4 Å². The third-order valence-electron chi connectivity index (χ3n) is 3.54. The van der Waals surface area contributed by atoms with Gasteiger partial charge in [-0.1, -0.05) is 30.0 Å². The molecule has 12 heteroatoms. The fourth-order valence-electron chi connectivity index (χ4n) is 2.38. The maximum absolute atomic E-state index is 11.2. The van der Waals surface area contributed by atoms with Crippen molar-refractivity contribution in [1.82, 2.24) is 20.2 Å². The first kappa shape index (κ1) is 18.3. The highest BCUT2D eigenvalue weighted by molar-refractivity contribution is 7.98.